The van der Waals surface area contributed by atoms with Crippen LogP contribution in [0.1, 0.15) is 34.1 Å². The van der Waals surface area contributed by atoms with Crippen LogP contribution in [0.2, 0.25) is 0 Å². The minimum absolute atomic E-state index is 0.233. The summed E-state index contributed by atoms with van der Waals surface area (Å²) in [4.78, 5) is 13.8. The first-order valence-electron chi connectivity index (χ1n) is 6.66. The molecule has 4 nitrogen and oxygen atoms in total. The van der Waals surface area contributed by atoms with E-state index in [1.807, 2.05) is 6.92 Å². The van der Waals surface area contributed by atoms with Crippen molar-refractivity contribution < 1.29 is 9.53 Å². The number of carbonyl (C=O) groups is 1. The first-order valence-corrected chi connectivity index (χ1v) is 6.66. The fourth-order valence-electron chi connectivity index (χ4n) is 2.57. The summed E-state index contributed by atoms with van der Waals surface area (Å²) in [6.45, 7) is 12.1. The average Bonchev–Trinajstić information content (AvgIpc) is 2.14. The quantitative estimate of drug-likeness (QED) is 0.821. The molecular weight excluding hydrogens is 216 g/mol. The SMILES string of the molecule is CCOC(=O)NC1CC(C)CN(CC(C)C)C1. The molecule has 1 fully saturated rings. The van der Waals surface area contributed by atoms with Crippen LogP contribution >= 0.6 is 0 Å². The Morgan fingerprint density at radius 2 is 2.18 bits per heavy atom. The van der Waals surface area contributed by atoms with E-state index in [0.29, 0.717) is 18.4 Å². The number of nitrogens with zero attached hydrogens (tertiary/aromatic N) is 1. The van der Waals surface area contributed by atoms with Crippen molar-refractivity contribution in [1.29, 1.82) is 0 Å². The third-order valence-corrected chi connectivity index (χ3v) is 2.96. The number of rotatable bonds is 4. The van der Waals surface area contributed by atoms with E-state index in [1.54, 1.807) is 0 Å². The average molecular weight is 242 g/mol. The van der Waals surface area contributed by atoms with Gasteiger partial charge in [0.25, 0.3) is 0 Å². The highest BCUT2D eigenvalue weighted by Crippen LogP contribution is 2.17. The maximum absolute atomic E-state index is 11.4. The Labute approximate surface area is 105 Å². The van der Waals surface area contributed by atoms with Crippen LogP contribution < -0.4 is 5.32 Å². The highest BCUT2D eigenvalue weighted by atomic mass is 16.5. The highest BCUT2D eigenvalue weighted by Gasteiger charge is 2.26. The number of nitrogens with one attached hydrogen (secondary N) is 1. The monoisotopic (exact) mass is 242 g/mol. The zero-order chi connectivity index (χ0) is 12.8. The summed E-state index contributed by atoms with van der Waals surface area (Å²) in [7, 11) is 0. The van der Waals surface area contributed by atoms with E-state index in [9.17, 15) is 4.79 Å². The van der Waals surface area contributed by atoms with Gasteiger partial charge in [-0.3, -0.25) is 0 Å². The van der Waals surface area contributed by atoms with Crippen LogP contribution in [-0.4, -0.2) is 43.3 Å². The number of piperidine rings is 1. The summed E-state index contributed by atoms with van der Waals surface area (Å²) in [6, 6.07) is 0.233. The van der Waals surface area contributed by atoms with Crippen LogP contribution in [0.25, 0.3) is 0 Å². The molecule has 1 aliphatic heterocycles. The summed E-state index contributed by atoms with van der Waals surface area (Å²) in [5.41, 5.74) is 0. The lowest BCUT2D eigenvalue weighted by molar-refractivity contribution is 0.115. The molecule has 2 atom stereocenters. The Hall–Kier alpha value is -0.770. The van der Waals surface area contributed by atoms with Gasteiger partial charge in [-0.2, -0.15) is 0 Å². The molecule has 0 bridgehead atoms. The topological polar surface area (TPSA) is 41.6 Å². The molecule has 0 radical (unpaired) electrons. The van der Waals surface area contributed by atoms with Gasteiger partial charge in [0.2, 0.25) is 0 Å². The van der Waals surface area contributed by atoms with Gasteiger partial charge >= 0.3 is 6.09 Å². The lowest BCUT2D eigenvalue weighted by atomic mass is 9.95. The zero-order valence-electron chi connectivity index (χ0n) is 11.5. The molecule has 4 heteroatoms. The normalized spacial score (nSPS) is 25.9. The highest BCUT2D eigenvalue weighted by molar-refractivity contribution is 5.67. The Bertz CT molecular complexity index is 242. The number of likely N-dealkylation sites (tertiary alicyclic amines) is 1. The Morgan fingerprint density at radius 3 is 2.76 bits per heavy atom. The third kappa shape index (κ3) is 5.39. The van der Waals surface area contributed by atoms with Crippen molar-refractivity contribution in [2.24, 2.45) is 11.8 Å². The molecule has 1 amide bonds. The van der Waals surface area contributed by atoms with Crippen molar-refractivity contribution in [3.8, 4) is 0 Å². The molecule has 1 rings (SSSR count). The number of carbonyl (C=O) groups excluding carboxylic acids is 1. The summed E-state index contributed by atoms with van der Waals surface area (Å²) in [5, 5.41) is 2.95. The summed E-state index contributed by atoms with van der Waals surface area (Å²) < 4.78 is 4.93. The summed E-state index contributed by atoms with van der Waals surface area (Å²) in [6.07, 6.45) is 0.768. The fourth-order valence-corrected chi connectivity index (χ4v) is 2.57. The van der Waals surface area contributed by atoms with Gasteiger partial charge in [0, 0.05) is 25.7 Å². The van der Waals surface area contributed by atoms with Crippen molar-refractivity contribution in [2.45, 2.75) is 40.2 Å². The largest absolute Gasteiger partial charge is 0.450 e. The van der Waals surface area contributed by atoms with E-state index in [-0.39, 0.29) is 12.1 Å². The number of alkyl carbamates (subject to hydrolysis) is 1. The number of ether oxygens (including phenoxy) is 1. The minimum atomic E-state index is -0.281. The first kappa shape index (κ1) is 14.3. The van der Waals surface area contributed by atoms with E-state index in [1.165, 1.54) is 0 Å². The number of hydrogen-bond acceptors (Lipinski definition) is 3. The van der Waals surface area contributed by atoms with Crippen molar-refractivity contribution >= 4 is 6.09 Å². The van der Waals surface area contributed by atoms with Gasteiger partial charge in [0.15, 0.2) is 0 Å². The summed E-state index contributed by atoms with van der Waals surface area (Å²) >= 11 is 0. The van der Waals surface area contributed by atoms with Crippen LogP contribution in [0.15, 0.2) is 0 Å². The smallest absolute Gasteiger partial charge is 0.407 e. The number of amides is 1. The van der Waals surface area contributed by atoms with Gasteiger partial charge in [-0.15, -0.1) is 0 Å². The third-order valence-electron chi connectivity index (χ3n) is 2.96. The predicted molar refractivity (Wildman–Crippen MR) is 69.0 cm³/mol. The zero-order valence-corrected chi connectivity index (χ0v) is 11.5. The predicted octanol–water partition coefficient (Wildman–Crippen LogP) is 2.10. The summed E-state index contributed by atoms with van der Waals surface area (Å²) in [5.74, 6) is 1.30. The lowest BCUT2D eigenvalue weighted by Crippen LogP contribution is -2.51. The molecule has 1 heterocycles. The van der Waals surface area contributed by atoms with Crippen molar-refractivity contribution in [1.82, 2.24) is 10.2 Å². The van der Waals surface area contributed by atoms with Crippen LogP contribution in [0.3, 0.4) is 0 Å². The molecule has 1 N–H and O–H groups in total. The molecule has 1 saturated heterocycles. The lowest BCUT2D eigenvalue weighted by Gasteiger charge is -2.37. The molecule has 0 aromatic rings. The van der Waals surface area contributed by atoms with Crippen LogP contribution in [0.5, 0.6) is 0 Å². The molecule has 0 aromatic carbocycles. The molecule has 100 valence electrons. The van der Waals surface area contributed by atoms with Crippen LogP contribution in [-0.2, 0) is 4.74 Å². The molecule has 0 aliphatic carbocycles. The van der Waals surface area contributed by atoms with Crippen molar-refractivity contribution in [2.75, 3.05) is 26.2 Å². The van der Waals surface area contributed by atoms with Crippen molar-refractivity contribution in [3.63, 3.8) is 0 Å². The van der Waals surface area contributed by atoms with Crippen molar-refractivity contribution in [3.05, 3.63) is 0 Å². The van der Waals surface area contributed by atoms with E-state index in [4.69, 9.17) is 4.74 Å². The van der Waals surface area contributed by atoms with Gasteiger partial charge in [0.1, 0.15) is 0 Å². The molecule has 0 aromatic heterocycles. The van der Waals surface area contributed by atoms with E-state index in [2.05, 4.69) is 31.0 Å². The Balaban J connectivity index is 2.41. The fraction of sp³-hybridized carbons (Fsp3) is 0.923. The second kappa shape index (κ2) is 6.84. The van der Waals surface area contributed by atoms with Gasteiger partial charge in [-0.05, 0) is 25.2 Å². The van der Waals surface area contributed by atoms with Gasteiger partial charge in [-0.1, -0.05) is 20.8 Å². The van der Waals surface area contributed by atoms with Gasteiger partial charge in [-0.25, -0.2) is 4.79 Å². The van der Waals surface area contributed by atoms with Gasteiger partial charge in [0.05, 0.1) is 6.61 Å². The second-order valence-electron chi connectivity index (χ2n) is 5.51. The molecule has 0 spiro atoms. The Morgan fingerprint density at radius 1 is 1.47 bits per heavy atom. The molecule has 0 saturated carbocycles. The molecule has 17 heavy (non-hydrogen) atoms. The molecule has 2 unspecified atom stereocenters. The standard InChI is InChI=1S/C13H26N2O2/c1-5-17-13(16)14-12-6-11(4)8-15(9-12)7-10(2)3/h10-12H,5-9H2,1-4H3,(H,14,16). The van der Waals surface area contributed by atoms with Crippen LogP contribution in [0, 0.1) is 11.8 Å². The first-order chi connectivity index (χ1) is 8.01. The Kier molecular flexibility index (Phi) is 5.75. The molecular formula is C13H26N2O2. The second-order valence-corrected chi connectivity index (χ2v) is 5.51. The number of hydrogen-bond donors (Lipinski definition) is 1. The molecule has 1 aliphatic rings. The maximum atomic E-state index is 11.4. The van der Waals surface area contributed by atoms with E-state index < -0.39 is 0 Å². The van der Waals surface area contributed by atoms with E-state index >= 15 is 0 Å². The van der Waals surface area contributed by atoms with E-state index in [0.717, 1.165) is 26.1 Å². The van der Waals surface area contributed by atoms with Crippen LogP contribution in [0.4, 0.5) is 4.79 Å². The minimum Gasteiger partial charge on any atom is -0.450 e. The van der Waals surface area contributed by atoms with Gasteiger partial charge < -0.3 is 15.0 Å². The maximum Gasteiger partial charge on any atom is 0.407 e.